The molecule has 17 heavy (non-hydrogen) atoms. The van der Waals surface area contributed by atoms with Gasteiger partial charge in [-0.2, -0.15) is 0 Å². The highest BCUT2D eigenvalue weighted by Crippen LogP contribution is 2.51. The van der Waals surface area contributed by atoms with Crippen molar-refractivity contribution in [1.82, 2.24) is 0 Å². The molecular formula is C12H24ClO3P. The summed E-state index contributed by atoms with van der Waals surface area (Å²) in [6, 6.07) is 0. The van der Waals surface area contributed by atoms with E-state index in [9.17, 15) is 9.67 Å². The minimum Gasteiger partial charge on any atom is -0.391 e. The summed E-state index contributed by atoms with van der Waals surface area (Å²) < 4.78 is 18.1. The van der Waals surface area contributed by atoms with Crippen LogP contribution in [0.25, 0.3) is 0 Å². The van der Waals surface area contributed by atoms with Gasteiger partial charge in [-0.05, 0) is 25.7 Å². The number of aliphatic hydroxyl groups is 1. The summed E-state index contributed by atoms with van der Waals surface area (Å²) in [4.78, 5) is 0. The first-order valence-corrected chi connectivity index (χ1v) is 9.09. The van der Waals surface area contributed by atoms with Crippen molar-refractivity contribution in [2.75, 3.05) is 24.8 Å². The fraction of sp³-hybridized carbons (Fsp3) is 1.00. The first-order valence-electron chi connectivity index (χ1n) is 6.56. The molecule has 2 unspecified atom stereocenters. The van der Waals surface area contributed by atoms with Crippen LogP contribution in [-0.2, 0) is 9.09 Å². The van der Waals surface area contributed by atoms with Gasteiger partial charge in [0.25, 0.3) is 0 Å². The Morgan fingerprint density at radius 1 is 1.41 bits per heavy atom. The van der Waals surface area contributed by atoms with E-state index in [0.29, 0.717) is 18.7 Å². The van der Waals surface area contributed by atoms with Crippen LogP contribution in [0.2, 0.25) is 0 Å². The molecule has 1 aliphatic carbocycles. The number of hydrogen-bond acceptors (Lipinski definition) is 3. The lowest BCUT2D eigenvalue weighted by Crippen LogP contribution is -2.20. The zero-order valence-corrected chi connectivity index (χ0v) is 12.3. The lowest BCUT2D eigenvalue weighted by atomic mass is 9.91. The van der Waals surface area contributed by atoms with E-state index in [1.54, 1.807) is 0 Å². The third kappa shape index (κ3) is 5.74. The maximum Gasteiger partial charge on any atom is 0.206 e. The second-order valence-electron chi connectivity index (χ2n) is 4.91. The molecule has 2 atom stereocenters. The van der Waals surface area contributed by atoms with Gasteiger partial charge in [-0.3, -0.25) is 4.57 Å². The molecule has 3 nitrogen and oxygen atoms in total. The van der Waals surface area contributed by atoms with Crippen LogP contribution in [0, 0.1) is 5.92 Å². The molecule has 0 amide bonds. The SMILES string of the molecule is CCOP(=O)(CC(O)CCl)CC1CCCCC1. The van der Waals surface area contributed by atoms with E-state index in [4.69, 9.17) is 16.1 Å². The lowest BCUT2D eigenvalue weighted by Gasteiger charge is -2.27. The Hall–Kier alpha value is 0.440. The van der Waals surface area contributed by atoms with Crippen LogP contribution in [0.5, 0.6) is 0 Å². The van der Waals surface area contributed by atoms with E-state index in [1.165, 1.54) is 19.3 Å². The number of halogens is 1. The topological polar surface area (TPSA) is 46.5 Å². The van der Waals surface area contributed by atoms with Crippen LogP contribution in [0.3, 0.4) is 0 Å². The van der Waals surface area contributed by atoms with Gasteiger partial charge in [0.2, 0.25) is 7.37 Å². The van der Waals surface area contributed by atoms with Gasteiger partial charge in [-0.15, -0.1) is 11.6 Å². The number of hydrogen-bond donors (Lipinski definition) is 1. The van der Waals surface area contributed by atoms with Crippen LogP contribution in [0.1, 0.15) is 39.0 Å². The Morgan fingerprint density at radius 3 is 2.59 bits per heavy atom. The molecule has 0 spiro atoms. The fourth-order valence-corrected chi connectivity index (χ4v) is 5.56. The average Bonchev–Trinajstić information content (AvgIpc) is 2.30. The summed E-state index contributed by atoms with van der Waals surface area (Å²) in [5, 5.41) is 9.57. The van der Waals surface area contributed by atoms with E-state index < -0.39 is 13.5 Å². The molecule has 102 valence electrons. The van der Waals surface area contributed by atoms with Crippen molar-refractivity contribution in [2.24, 2.45) is 5.92 Å². The van der Waals surface area contributed by atoms with Gasteiger partial charge in [0.05, 0.1) is 18.9 Å². The summed E-state index contributed by atoms with van der Waals surface area (Å²) in [5.41, 5.74) is 0. The Morgan fingerprint density at radius 2 is 2.06 bits per heavy atom. The zero-order chi connectivity index (χ0) is 12.7. The van der Waals surface area contributed by atoms with E-state index in [0.717, 1.165) is 12.8 Å². The number of rotatable bonds is 7. The van der Waals surface area contributed by atoms with Crippen molar-refractivity contribution in [3.8, 4) is 0 Å². The normalized spacial score (nSPS) is 23.2. The maximum absolute atomic E-state index is 12.6. The molecule has 0 aromatic heterocycles. The molecule has 1 rings (SSSR count). The molecule has 0 aromatic rings. The molecule has 0 radical (unpaired) electrons. The van der Waals surface area contributed by atoms with Crippen LogP contribution in [0.4, 0.5) is 0 Å². The number of aliphatic hydroxyl groups excluding tert-OH is 1. The van der Waals surface area contributed by atoms with Crippen LogP contribution >= 0.6 is 19.0 Å². The summed E-state index contributed by atoms with van der Waals surface area (Å²) in [5.74, 6) is 0.630. The standard InChI is InChI=1S/C12H24ClO3P/c1-2-16-17(15,10-12(14)8-13)9-11-6-4-3-5-7-11/h11-12,14H,2-10H2,1H3. The molecule has 0 heterocycles. The number of alkyl halides is 1. The van der Waals surface area contributed by atoms with Crippen molar-refractivity contribution >= 4 is 19.0 Å². The second-order valence-corrected chi connectivity index (χ2v) is 7.84. The van der Waals surface area contributed by atoms with Gasteiger partial charge in [-0.25, -0.2) is 0 Å². The second kappa shape index (κ2) is 7.78. The van der Waals surface area contributed by atoms with Crippen molar-refractivity contribution in [2.45, 2.75) is 45.1 Å². The first-order chi connectivity index (χ1) is 8.09. The van der Waals surface area contributed by atoms with Crippen molar-refractivity contribution in [3.63, 3.8) is 0 Å². The predicted octanol–water partition coefficient (Wildman–Crippen LogP) is 3.48. The highest BCUT2D eigenvalue weighted by Gasteiger charge is 2.30. The summed E-state index contributed by atoms with van der Waals surface area (Å²) in [7, 11) is -2.69. The average molecular weight is 283 g/mol. The largest absolute Gasteiger partial charge is 0.391 e. The van der Waals surface area contributed by atoms with Gasteiger partial charge in [0, 0.05) is 12.0 Å². The highest BCUT2D eigenvalue weighted by molar-refractivity contribution is 7.59. The minimum atomic E-state index is -2.69. The molecule has 0 aromatic carbocycles. The van der Waals surface area contributed by atoms with Gasteiger partial charge in [-0.1, -0.05) is 19.3 Å². The Labute approximate surface area is 109 Å². The smallest absolute Gasteiger partial charge is 0.206 e. The summed E-state index contributed by atoms with van der Waals surface area (Å²) in [6.07, 6.45) is 6.17. The molecule has 5 heteroatoms. The van der Waals surface area contributed by atoms with Crippen molar-refractivity contribution in [1.29, 1.82) is 0 Å². The minimum absolute atomic E-state index is 0.127. The Bertz CT molecular complexity index is 254. The van der Waals surface area contributed by atoms with Gasteiger partial charge < -0.3 is 9.63 Å². The molecule has 1 aliphatic rings. The molecule has 0 bridgehead atoms. The third-order valence-corrected chi connectivity index (χ3v) is 6.43. The monoisotopic (exact) mass is 282 g/mol. The van der Waals surface area contributed by atoms with Crippen molar-refractivity contribution in [3.05, 3.63) is 0 Å². The molecule has 0 saturated heterocycles. The summed E-state index contributed by atoms with van der Waals surface area (Å²) >= 11 is 5.57. The molecule has 1 N–H and O–H groups in total. The van der Waals surface area contributed by atoms with Gasteiger partial charge in [0.15, 0.2) is 0 Å². The zero-order valence-electron chi connectivity index (χ0n) is 10.6. The molecule has 1 saturated carbocycles. The molecular weight excluding hydrogens is 259 g/mol. The van der Waals surface area contributed by atoms with Crippen LogP contribution in [-0.4, -0.2) is 36.0 Å². The van der Waals surface area contributed by atoms with E-state index >= 15 is 0 Å². The van der Waals surface area contributed by atoms with Crippen molar-refractivity contribution < 1.29 is 14.2 Å². The van der Waals surface area contributed by atoms with Gasteiger partial charge >= 0.3 is 0 Å². The predicted molar refractivity (Wildman–Crippen MR) is 72.3 cm³/mol. The lowest BCUT2D eigenvalue weighted by molar-refractivity contribution is 0.212. The van der Waals surface area contributed by atoms with Crippen LogP contribution < -0.4 is 0 Å². The van der Waals surface area contributed by atoms with E-state index in [1.807, 2.05) is 6.92 Å². The van der Waals surface area contributed by atoms with E-state index in [2.05, 4.69) is 0 Å². The van der Waals surface area contributed by atoms with Gasteiger partial charge in [0.1, 0.15) is 0 Å². The fourth-order valence-electron chi connectivity index (χ4n) is 2.55. The first kappa shape index (κ1) is 15.5. The van der Waals surface area contributed by atoms with Crippen LogP contribution in [0.15, 0.2) is 0 Å². The quantitative estimate of drug-likeness (QED) is 0.574. The highest BCUT2D eigenvalue weighted by atomic mass is 35.5. The Balaban J connectivity index is 2.53. The maximum atomic E-state index is 12.6. The Kier molecular flexibility index (Phi) is 7.10. The third-order valence-electron chi connectivity index (χ3n) is 3.29. The van der Waals surface area contributed by atoms with E-state index in [-0.39, 0.29) is 12.0 Å². The molecule has 0 aliphatic heterocycles. The molecule has 1 fully saturated rings. The summed E-state index contributed by atoms with van der Waals surface area (Å²) in [6.45, 7) is 2.29.